The second-order valence-corrected chi connectivity index (χ2v) is 4.15. The summed E-state index contributed by atoms with van der Waals surface area (Å²) in [6.45, 7) is 0.794. The van der Waals surface area contributed by atoms with Crippen molar-refractivity contribution in [2.45, 2.75) is 25.7 Å². The van der Waals surface area contributed by atoms with Crippen LogP contribution in [-0.4, -0.2) is 12.9 Å². The van der Waals surface area contributed by atoms with Gasteiger partial charge in [-0.3, -0.25) is 4.79 Å². The van der Waals surface area contributed by atoms with Crippen LogP contribution in [0.25, 0.3) is 0 Å². The van der Waals surface area contributed by atoms with Crippen molar-refractivity contribution in [3.05, 3.63) is 29.8 Å². The third kappa shape index (κ3) is 2.82. The Hall–Kier alpha value is -1.31. The zero-order chi connectivity index (χ0) is 10.5. The highest BCUT2D eigenvalue weighted by Gasteiger charge is 2.15. The van der Waals surface area contributed by atoms with Crippen LogP contribution in [0.1, 0.15) is 36.0 Å². The number of ether oxygens (including phenoxy) is 1. The number of benzene rings is 1. The van der Waals surface area contributed by atoms with E-state index in [0.717, 1.165) is 18.6 Å². The summed E-state index contributed by atoms with van der Waals surface area (Å²) in [4.78, 5) is 10.6. The molecule has 1 saturated carbocycles. The van der Waals surface area contributed by atoms with Crippen LogP contribution in [0.2, 0.25) is 0 Å². The molecule has 2 heteroatoms. The van der Waals surface area contributed by atoms with Crippen molar-refractivity contribution in [1.82, 2.24) is 0 Å². The van der Waals surface area contributed by atoms with Crippen molar-refractivity contribution >= 4 is 6.29 Å². The van der Waals surface area contributed by atoms with Gasteiger partial charge in [-0.1, -0.05) is 25.0 Å². The second-order valence-electron chi connectivity index (χ2n) is 4.15. The fraction of sp³-hybridized carbons (Fsp3) is 0.462. The lowest BCUT2D eigenvalue weighted by Gasteiger charge is -2.11. The molecular weight excluding hydrogens is 188 g/mol. The van der Waals surface area contributed by atoms with Crippen molar-refractivity contribution in [3.63, 3.8) is 0 Å². The molecule has 0 N–H and O–H groups in total. The van der Waals surface area contributed by atoms with E-state index in [2.05, 4.69) is 0 Å². The van der Waals surface area contributed by atoms with E-state index in [1.807, 2.05) is 12.1 Å². The number of rotatable bonds is 4. The molecule has 2 nitrogen and oxygen atoms in total. The van der Waals surface area contributed by atoms with Gasteiger partial charge < -0.3 is 4.74 Å². The molecule has 0 radical (unpaired) electrons. The number of hydrogen-bond donors (Lipinski definition) is 0. The Morgan fingerprint density at radius 3 is 2.87 bits per heavy atom. The lowest BCUT2D eigenvalue weighted by Crippen LogP contribution is -2.07. The van der Waals surface area contributed by atoms with E-state index in [9.17, 15) is 4.79 Å². The molecule has 0 amide bonds. The predicted octanol–water partition coefficient (Wildman–Crippen LogP) is 3.07. The van der Waals surface area contributed by atoms with Gasteiger partial charge in [0.2, 0.25) is 0 Å². The van der Waals surface area contributed by atoms with Gasteiger partial charge in [0.1, 0.15) is 12.0 Å². The van der Waals surface area contributed by atoms with Crippen molar-refractivity contribution in [2.24, 2.45) is 5.92 Å². The molecule has 80 valence electrons. The van der Waals surface area contributed by atoms with Crippen molar-refractivity contribution in [3.8, 4) is 5.75 Å². The van der Waals surface area contributed by atoms with Crippen LogP contribution < -0.4 is 4.74 Å². The molecule has 1 fully saturated rings. The zero-order valence-corrected chi connectivity index (χ0v) is 8.82. The van der Waals surface area contributed by atoms with E-state index in [1.165, 1.54) is 25.7 Å². The molecule has 0 atom stereocenters. The number of aldehydes is 1. The van der Waals surface area contributed by atoms with Gasteiger partial charge in [0.15, 0.2) is 0 Å². The van der Waals surface area contributed by atoms with Gasteiger partial charge >= 0.3 is 0 Å². The summed E-state index contributed by atoms with van der Waals surface area (Å²) in [5.74, 6) is 1.52. The Morgan fingerprint density at radius 2 is 2.13 bits per heavy atom. The van der Waals surface area contributed by atoms with Crippen LogP contribution in [0.15, 0.2) is 24.3 Å². The van der Waals surface area contributed by atoms with Crippen LogP contribution in [0.3, 0.4) is 0 Å². The molecule has 0 bridgehead atoms. The molecule has 0 saturated heterocycles. The third-order valence-corrected chi connectivity index (χ3v) is 2.95. The summed E-state index contributed by atoms with van der Waals surface area (Å²) < 4.78 is 5.67. The van der Waals surface area contributed by atoms with Crippen LogP contribution >= 0.6 is 0 Å². The van der Waals surface area contributed by atoms with Crippen LogP contribution in [0.5, 0.6) is 5.75 Å². The largest absolute Gasteiger partial charge is 0.493 e. The molecule has 1 aromatic carbocycles. The second kappa shape index (κ2) is 4.96. The molecule has 2 rings (SSSR count). The SMILES string of the molecule is O=Cc1cccc(OCC2CCCC2)c1. The monoisotopic (exact) mass is 204 g/mol. The predicted molar refractivity (Wildman–Crippen MR) is 59.3 cm³/mol. The van der Waals surface area contributed by atoms with Gasteiger partial charge in [-0.15, -0.1) is 0 Å². The summed E-state index contributed by atoms with van der Waals surface area (Å²) in [5, 5.41) is 0. The number of carbonyl (C=O) groups is 1. The van der Waals surface area contributed by atoms with Gasteiger partial charge in [0.25, 0.3) is 0 Å². The summed E-state index contributed by atoms with van der Waals surface area (Å²) in [5.41, 5.74) is 0.680. The Bertz CT molecular complexity index is 327. The van der Waals surface area contributed by atoms with Crippen molar-refractivity contribution in [1.29, 1.82) is 0 Å². The standard InChI is InChI=1S/C13H16O2/c14-9-12-6-3-7-13(8-12)15-10-11-4-1-2-5-11/h3,6-9,11H,1-2,4-5,10H2. The van der Waals surface area contributed by atoms with Gasteiger partial charge in [0.05, 0.1) is 6.61 Å². The summed E-state index contributed by atoms with van der Waals surface area (Å²) in [6, 6.07) is 7.34. The highest BCUT2D eigenvalue weighted by Crippen LogP contribution is 2.25. The molecule has 1 aliphatic carbocycles. The Labute approximate surface area is 90.3 Å². The molecule has 15 heavy (non-hydrogen) atoms. The highest BCUT2D eigenvalue weighted by molar-refractivity contribution is 5.75. The van der Waals surface area contributed by atoms with Gasteiger partial charge in [-0.25, -0.2) is 0 Å². The molecule has 0 aliphatic heterocycles. The van der Waals surface area contributed by atoms with E-state index in [1.54, 1.807) is 12.1 Å². The van der Waals surface area contributed by atoms with Gasteiger partial charge in [-0.2, -0.15) is 0 Å². The number of carbonyl (C=O) groups excluding carboxylic acids is 1. The minimum Gasteiger partial charge on any atom is -0.493 e. The van der Waals surface area contributed by atoms with E-state index in [-0.39, 0.29) is 0 Å². The Balaban J connectivity index is 1.89. The van der Waals surface area contributed by atoms with Crippen LogP contribution in [0.4, 0.5) is 0 Å². The van der Waals surface area contributed by atoms with Crippen LogP contribution in [0, 0.1) is 5.92 Å². The summed E-state index contributed by atoms with van der Waals surface area (Å²) in [7, 11) is 0. The maximum absolute atomic E-state index is 10.6. The summed E-state index contributed by atoms with van der Waals surface area (Å²) in [6.07, 6.45) is 6.09. The molecular formula is C13H16O2. The normalized spacial score (nSPS) is 16.5. The maximum Gasteiger partial charge on any atom is 0.150 e. The molecule has 0 spiro atoms. The van der Waals surface area contributed by atoms with Crippen molar-refractivity contribution in [2.75, 3.05) is 6.61 Å². The first kappa shape index (κ1) is 10.2. The average Bonchev–Trinajstić information content (AvgIpc) is 2.79. The Kier molecular flexibility index (Phi) is 3.38. The lowest BCUT2D eigenvalue weighted by molar-refractivity contribution is 0.112. The smallest absolute Gasteiger partial charge is 0.150 e. The Morgan fingerprint density at radius 1 is 1.33 bits per heavy atom. The van der Waals surface area contributed by atoms with Crippen molar-refractivity contribution < 1.29 is 9.53 Å². The fourth-order valence-electron chi connectivity index (χ4n) is 2.07. The molecule has 1 aromatic rings. The number of hydrogen-bond acceptors (Lipinski definition) is 2. The molecule has 1 aliphatic rings. The van der Waals surface area contributed by atoms with Gasteiger partial charge in [0, 0.05) is 5.56 Å². The topological polar surface area (TPSA) is 26.3 Å². The molecule has 0 aromatic heterocycles. The molecule has 0 unspecified atom stereocenters. The van der Waals surface area contributed by atoms with E-state index in [0.29, 0.717) is 11.5 Å². The first-order valence-corrected chi connectivity index (χ1v) is 5.56. The lowest BCUT2D eigenvalue weighted by atomic mass is 10.1. The minimum atomic E-state index is 0.680. The maximum atomic E-state index is 10.6. The van der Waals surface area contributed by atoms with Gasteiger partial charge in [-0.05, 0) is 30.9 Å². The highest BCUT2D eigenvalue weighted by atomic mass is 16.5. The fourth-order valence-corrected chi connectivity index (χ4v) is 2.07. The van der Waals surface area contributed by atoms with E-state index in [4.69, 9.17) is 4.74 Å². The third-order valence-electron chi connectivity index (χ3n) is 2.95. The van der Waals surface area contributed by atoms with E-state index < -0.39 is 0 Å². The summed E-state index contributed by atoms with van der Waals surface area (Å²) >= 11 is 0. The zero-order valence-electron chi connectivity index (χ0n) is 8.82. The first-order chi connectivity index (χ1) is 7.38. The van der Waals surface area contributed by atoms with Crippen LogP contribution in [-0.2, 0) is 0 Å². The van der Waals surface area contributed by atoms with E-state index >= 15 is 0 Å². The average molecular weight is 204 g/mol. The quantitative estimate of drug-likeness (QED) is 0.704. The first-order valence-electron chi connectivity index (χ1n) is 5.56. The minimum absolute atomic E-state index is 0.680. The molecule has 0 heterocycles.